The lowest BCUT2D eigenvalue weighted by atomic mass is 10.1. The minimum Gasteiger partial charge on any atom is -0.493 e. The van der Waals surface area contributed by atoms with E-state index in [1.54, 1.807) is 54.6 Å². The second-order valence-electron chi connectivity index (χ2n) is 6.35. The monoisotopic (exact) mass is 438 g/mol. The van der Waals surface area contributed by atoms with Crippen LogP contribution in [0, 0.1) is 0 Å². The number of ether oxygens (including phenoxy) is 2. The number of hydrazone groups is 1. The van der Waals surface area contributed by atoms with Crippen LogP contribution in [0.3, 0.4) is 0 Å². The number of halogens is 1. The first kappa shape index (κ1) is 21.9. The van der Waals surface area contributed by atoms with Gasteiger partial charge < -0.3 is 14.6 Å². The molecule has 3 aromatic rings. The number of amides is 1. The average Bonchev–Trinajstić information content (AvgIpc) is 2.78. The third-order valence-corrected chi connectivity index (χ3v) is 4.63. The molecule has 0 heterocycles. The van der Waals surface area contributed by atoms with Crippen LogP contribution < -0.4 is 14.9 Å². The Morgan fingerprint density at radius 3 is 2.48 bits per heavy atom. The van der Waals surface area contributed by atoms with Gasteiger partial charge in [0.05, 0.1) is 29.5 Å². The van der Waals surface area contributed by atoms with Crippen LogP contribution in [0.4, 0.5) is 0 Å². The maximum atomic E-state index is 12.2. The van der Waals surface area contributed by atoms with Crippen molar-refractivity contribution in [1.82, 2.24) is 5.43 Å². The van der Waals surface area contributed by atoms with E-state index in [4.69, 9.17) is 26.2 Å². The molecule has 0 atom stereocenters. The summed E-state index contributed by atoms with van der Waals surface area (Å²) in [4.78, 5) is 23.2. The maximum Gasteiger partial charge on any atom is 0.335 e. The number of methoxy groups -OCH3 is 1. The van der Waals surface area contributed by atoms with E-state index < -0.39 is 11.9 Å². The van der Waals surface area contributed by atoms with Crippen LogP contribution in [0.15, 0.2) is 71.8 Å². The van der Waals surface area contributed by atoms with Crippen molar-refractivity contribution in [3.8, 4) is 11.5 Å². The number of nitrogens with one attached hydrogen (secondary N) is 1. The SMILES string of the molecule is COc1cccc(/C=N\NC(=O)c2ccccc2Cl)c1OCc1ccc(C(=O)O)cc1. The first-order chi connectivity index (χ1) is 15.0. The van der Waals surface area contributed by atoms with Crippen molar-refractivity contribution in [2.45, 2.75) is 6.61 Å². The van der Waals surface area contributed by atoms with E-state index in [1.807, 2.05) is 0 Å². The van der Waals surface area contributed by atoms with Crippen molar-refractivity contribution >= 4 is 29.7 Å². The molecule has 3 rings (SSSR count). The summed E-state index contributed by atoms with van der Waals surface area (Å²) in [7, 11) is 1.52. The standard InChI is InChI=1S/C23H19ClN2O5/c1-30-20-8-4-5-17(13-25-26-22(27)18-6-2-3-7-19(18)24)21(20)31-14-15-9-11-16(12-10-15)23(28)29/h2-13H,14H2,1H3,(H,26,27)(H,28,29)/b25-13-. The Bertz CT molecular complexity index is 1110. The van der Waals surface area contributed by atoms with Crippen molar-refractivity contribution in [3.05, 3.63) is 94.0 Å². The van der Waals surface area contributed by atoms with E-state index in [0.717, 1.165) is 5.56 Å². The van der Waals surface area contributed by atoms with Crippen LogP contribution in [-0.4, -0.2) is 30.3 Å². The number of carbonyl (C=O) groups is 2. The third-order valence-electron chi connectivity index (χ3n) is 4.30. The van der Waals surface area contributed by atoms with E-state index in [0.29, 0.717) is 27.6 Å². The third kappa shape index (κ3) is 5.61. The highest BCUT2D eigenvalue weighted by molar-refractivity contribution is 6.33. The lowest BCUT2D eigenvalue weighted by Crippen LogP contribution is -2.18. The normalized spacial score (nSPS) is 10.6. The molecule has 1 amide bonds. The number of hydrogen-bond donors (Lipinski definition) is 2. The second-order valence-corrected chi connectivity index (χ2v) is 6.76. The number of rotatable bonds is 8. The summed E-state index contributed by atoms with van der Waals surface area (Å²) in [5.74, 6) is -0.508. The molecular weight excluding hydrogens is 420 g/mol. The summed E-state index contributed by atoms with van der Waals surface area (Å²) in [5.41, 5.74) is 4.32. The molecule has 31 heavy (non-hydrogen) atoms. The molecule has 0 spiro atoms. The van der Waals surface area contributed by atoms with Gasteiger partial charge in [-0.25, -0.2) is 10.2 Å². The van der Waals surface area contributed by atoms with E-state index in [9.17, 15) is 9.59 Å². The van der Waals surface area contributed by atoms with Crippen LogP contribution in [0.5, 0.6) is 11.5 Å². The number of hydrogen-bond acceptors (Lipinski definition) is 5. The van der Waals surface area contributed by atoms with Crippen LogP contribution in [-0.2, 0) is 6.61 Å². The molecule has 7 nitrogen and oxygen atoms in total. The van der Waals surface area contributed by atoms with Crippen LogP contribution in [0.1, 0.15) is 31.8 Å². The Balaban J connectivity index is 1.74. The summed E-state index contributed by atoms with van der Waals surface area (Å²) in [6.07, 6.45) is 1.44. The first-order valence-electron chi connectivity index (χ1n) is 9.19. The molecule has 0 aliphatic rings. The topological polar surface area (TPSA) is 97.2 Å². The fourth-order valence-electron chi connectivity index (χ4n) is 2.71. The van der Waals surface area contributed by atoms with Crippen LogP contribution >= 0.6 is 11.6 Å². The van der Waals surface area contributed by atoms with Gasteiger partial charge in [0, 0.05) is 5.56 Å². The molecular formula is C23H19ClN2O5. The molecule has 0 saturated carbocycles. The fraction of sp³-hybridized carbons (Fsp3) is 0.0870. The highest BCUT2D eigenvalue weighted by Gasteiger charge is 2.11. The second kappa shape index (κ2) is 10.3. The van der Waals surface area contributed by atoms with Gasteiger partial charge in [-0.15, -0.1) is 0 Å². The van der Waals surface area contributed by atoms with E-state index >= 15 is 0 Å². The molecule has 158 valence electrons. The van der Waals surface area contributed by atoms with Crippen LogP contribution in [0.2, 0.25) is 5.02 Å². The quantitative estimate of drug-likeness (QED) is 0.401. The molecule has 0 fully saturated rings. The number of carboxylic acid groups (broad SMARTS) is 1. The largest absolute Gasteiger partial charge is 0.493 e. The summed E-state index contributed by atoms with van der Waals surface area (Å²) in [6, 6.07) is 18.3. The predicted molar refractivity (Wildman–Crippen MR) is 117 cm³/mol. The Hall–Kier alpha value is -3.84. The highest BCUT2D eigenvalue weighted by atomic mass is 35.5. The highest BCUT2D eigenvalue weighted by Crippen LogP contribution is 2.31. The van der Waals surface area contributed by atoms with E-state index in [-0.39, 0.29) is 12.2 Å². The van der Waals surface area contributed by atoms with Crippen molar-refractivity contribution in [3.63, 3.8) is 0 Å². The molecule has 0 aromatic heterocycles. The molecule has 3 aromatic carbocycles. The Morgan fingerprint density at radius 1 is 1.06 bits per heavy atom. The smallest absolute Gasteiger partial charge is 0.335 e. The first-order valence-corrected chi connectivity index (χ1v) is 9.57. The van der Waals surface area contributed by atoms with Gasteiger partial charge in [-0.2, -0.15) is 5.10 Å². The fourth-order valence-corrected chi connectivity index (χ4v) is 2.94. The molecule has 0 radical (unpaired) electrons. The number of nitrogens with zero attached hydrogens (tertiary/aromatic N) is 1. The zero-order valence-corrected chi connectivity index (χ0v) is 17.3. The number of aromatic carboxylic acids is 1. The summed E-state index contributed by atoms with van der Waals surface area (Å²) in [6.45, 7) is 0.188. The summed E-state index contributed by atoms with van der Waals surface area (Å²) >= 11 is 6.02. The van der Waals surface area contributed by atoms with Gasteiger partial charge in [-0.1, -0.05) is 41.9 Å². The molecule has 0 saturated heterocycles. The van der Waals surface area contributed by atoms with Gasteiger partial charge in [-0.05, 0) is 42.0 Å². The van der Waals surface area contributed by atoms with Gasteiger partial charge in [0.15, 0.2) is 11.5 Å². The molecule has 0 unspecified atom stereocenters. The number of carboxylic acids is 1. The van der Waals surface area contributed by atoms with Crippen molar-refractivity contribution in [2.24, 2.45) is 5.10 Å². The number of benzene rings is 3. The lowest BCUT2D eigenvalue weighted by molar-refractivity contribution is 0.0696. The molecule has 2 N–H and O–H groups in total. The molecule has 8 heteroatoms. The zero-order valence-electron chi connectivity index (χ0n) is 16.5. The van der Waals surface area contributed by atoms with Crippen molar-refractivity contribution in [1.29, 1.82) is 0 Å². The lowest BCUT2D eigenvalue weighted by Gasteiger charge is -2.13. The number of para-hydroxylation sites is 1. The molecule has 0 bridgehead atoms. The molecule has 0 aliphatic carbocycles. The van der Waals surface area contributed by atoms with Crippen LogP contribution in [0.25, 0.3) is 0 Å². The Labute approximate surface area is 183 Å². The predicted octanol–water partition coefficient (Wildman–Crippen LogP) is 4.39. The minimum atomic E-state index is -0.991. The Kier molecular flexibility index (Phi) is 7.24. The zero-order chi connectivity index (χ0) is 22.2. The van der Waals surface area contributed by atoms with Gasteiger partial charge in [0.1, 0.15) is 6.61 Å². The van der Waals surface area contributed by atoms with E-state index in [2.05, 4.69) is 10.5 Å². The van der Waals surface area contributed by atoms with Crippen molar-refractivity contribution < 1.29 is 24.2 Å². The maximum absolute atomic E-state index is 12.2. The van der Waals surface area contributed by atoms with Gasteiger partial charge in [0.25, 0.3) is 5.91 Å². The van der Waals surface area contributed by atoms with Gasteiger partial charge in [0.2, 0.25) is 0 Å². The van der Waals surface area contributed by atoms with Gasteiger partial charge >= 0.3 is 5.97 Å². The summed E-state index contributed by atoms with van der Waals surface area (Å²) < 4.78 is 11.3. The number of carbonyl (C=O) groups excluding carboxylic acids is 1. The Morgan fingerprint density at radius 2 is 1.81 bits per heavy atom. The van der Waals surface area contributed by atoms with Gasteiger partial charge in [-0.3, -0.25) is 4.79 Å². The van der Waals surface area contributed by atoms with Crippen molar-refractivity contribution in [2.75, 3.05) is 7.11 Å². The minimum absolute atomic E-state index is 0.188. The molecule has 0 aliphatic heterocycles. The average molecular weight is 439 g/mol. The summed E-state index contributed by atoms with van der Waals surface area (Å²) in [5, 5.41) is 13.3. The van der Waals surface area contributed by atoms with E-state index in [1.165, 1.54) is 25.5 Å².